The molecule has 0 aliphatic heterocycles. The number of para-hydroxylation sites is 1. The summed E-state index contributed by atoms with van der Waals surface area (Å²) in [6, 6.07) is 17.0. The first-order valence-electron chi connectivity index (χ1n) is 10.2. The van der Waals surface area contributed by atoms with Crippen molar-refractivity contribution in [2.45, 2.75) is 32.3 Å². The highest BCUT2D eigenvalue weighted by atomic mass is 16.5. The summed E-state index contributed by atoms with van der Waals surface area (Å²) < 4.78 is 11.3. The summed E-state index contributed by atoms with van der Waals surface area (Å²) >= 11 is 0. The van der Waals surface area contributed by atoms with Crippen LogP contribution < -0.4 is 10.2 Å². The van der Waals surface area contributed by atoms with Crippen molar-refractivity contribution in [3.63, 3.8) is 0 Å². The molecular weight excluding hydrogens is 396 g/mol. The van der Waals surface area contributed by atoms with Gasteiger partial charge in [-0.25, -0.2) is 5.48 Å². The molecule has 31 heavy (non-hydrogen) atoms. The molecule has 0 radical (unpaired) electrons. The van der Waals surface area contributed by atoms with Gasteiger partial charge in [0.05, 0.1) is 18.0 Å². The topological polar surface area (TPSA) is 97.8 Å². The van der Waals surface area contributed by atoms with Gasteiger partial charge < -0.3 is 9.47 Å². The summed E-state index contributed by atoms with van der Waals surface area (Å²) in [5, 5.41) is 10.1. The third kappa shape index (κ3) is 3.84. The molecule has 7 heteroatoms. The number of nitrogens with zero attached hydrogens (tertiary/aromatic N) is 1. The Morgan fingerprint density at radius 2 is 2.00 bits per heavy atom. The van der Waals surface area contributed by atoms with Crippen molar-refractivity contribution in [3.8, 4) is 5.75 Å². The van der Waals surface area contributed by atoms with E-state index in [0.29, 0.717) is 17.9 Å². The van der Waals surface area contributed by atoms with Gasteiger partial charge in [-0.05, 0) is 50.1 Å². The monoisotopic (exact) mass is 420 g/mol. The van der Waals surface area contributed by atoms with E-state index in [4.69, 9.17) is 14.7 Å². The molecule has 4 rings (SSSR count). The van der Waals surface area contributed by atoms with E-state index in [-0.39, 0.29) is 13.0 Å². The molecule has 2 atom stereocenters. The molecule has 3 aromatic rings. The fourth-order valence-electron chi connectivity index (χ4n) is 4.12. The Morgan fingerprint density at radius 1 is 1.19 bits per heavy atom. The molecule has 0 bridgehead atoms. The van der Waals surface area contributed by atoms with Gasteiger partial charge in [0.15, 0.2) is 0 Å². The van der Waals surface area contributed by atoms with Crippen molar-refractivity contribution in [3.05, 3.63) is 71.4 Å². The molecule has 7 nitrogen and oxygen atoms in total. The van der Waals surface area contributed by atoms with E-state index < -0.39 is 23.2 Å². The normalized spacial score (nSPS) is 19.6. The number of aromatic nitrogens is 1. The highest BCUT2D eigenvalue weighted by Crippen LogP contribution is 2.55. The van der Waals surface area contributed by atoms with Crippen molar-refractivity contribution < 1.29 is 24.3 Å². The van der Waals surface area contributed by atoms with E-state index in [9.17, 15) is 9.59 Å². The van der Waals surface area contributed by atoms with Crippen molar-refractivity contribution in [2.75, 3.05) is 6.61 Å². The smallest absolute Gasteiger partial charge is 0.317 e. The maximum Gasteiger partial charge on any atom is 0.317 e. The number of fused-ring (bicyclic) bond motifs is 1. The second-order valence-electron chi connectivity index (χ2n) is 7.68. The molecule has 0 spiro atoms. The van der Waals surface area contributed by atoms with Crippen LogP contribution in [-0.2, 0) is 26.3 Å². The van der Waals surface area contributed by atoms with E-state index in [1.807, 2.05) is 43.3 Å². The molecule has 160 valence electrons. The van der Waals surface area contributed by atoms with E-state index in [2.05, 4.69) is 4.98 Å². The number of nitrogens with one attached hydrogen (secondary N) is 1. The molecule has 1 aliphatic carbocycles. The zero-order chi connectivity index (χ0) is 22.0. The number of aryl methyl sites for hydroxylation is 1. The molecule has 1 saturated carbocycles. The zero-order valence-corrected chi connectivity index (χ0v) is 17.4. The molecule has 2 N–H and O–H groups in total. The van der Waals surface area contributed by atoms with Crippen LogP contribution in [0.2, 0.25) is 0 Å². The number of amides is 1. The minimum atomic E-state index is -1.11. The molecule has 2 aromatic carbocycles. The Bertz CT molecular complexity index is 1150. The predicted octanol–water partition coefficient (Wildman–Crippen LogP) is 3.45. The standard InChI is InChI=1S/C24H24N2O5/c1-3-30-23(28)24(13-20(24)22(27)26-29)17-7-6-8-18(12-17)31-14-16-11-15(2)25-21-10-5-4-9-19(16)21/h4-12,20,29H,3,13-14H2,1-2H3,(H,26,27). The van der Waals surface area contributed by atoms with Crippen LogP contribution in [0.3, 0.4) is 0 Å². The van der Waals surface area contributed by atoms with Gasteiger partial charge in [0, 0.05) is 16.6 Å². The number of ether oxygens (including phenoxy) is 2. The van der Waals surface area contributed by atoms with E-state index in [1.165, 1.54) is 0 Å². The van der Waals surface area contributed by atoms with Crippen LogP contribution in [0.25, 0.3) is 10.9 Å². The lowest BCUT2D eigenvalue weighted by Gasteiger charge is -2.17. The number of rotatable bonds is 7. The Kier molecular flexibility index (Phi) is 5.61. The molecule has 1 amide bonds. The van der Waals surface area contributed by atoms with Crippen molar-refractivity contribution in [2.24, 2.45) is 5.92 Å². The second-order valence-corrected chi connectivity index (χ2v) is 7.68. The van der Waals surface area contributed by atoms with Gasteiger partial charge in [-0.3, -0.25) is 19.8 Å². The number of carbonyl (C=O) groups excluding carboxylic acids is 2. The fraction of sp³-hybridized carbons (Fsp3) is 0.292. The Balaban J connectivity index is 1.60. The SMILES string of the molecule is CCOC(=O)C1(c2cccc(OCc3cc(C)nc4ccccc34)c2)CC1C(=O)NO. The highest BCUT2D eigenvalue weighted by molar-refractivity contribution is 5.98. The maximum absolute atomic E-state index is 12.7. The molecule has 2 unspecified atom stereocenters. The summed E-state index contributed by atoms with van der Waals surface area (Å²) in [4.78, 5) is 29.3. The van der Waals surface area contributed by atoms with Crippen LogP contribution in [0.5, 0.6) is 5.75 Å². The molecular formula is C24H24N2O5. The van der Waals surface area contributed by atoms with Gasteiger partial charge >= 0.3 is 5.97 Å². The van der Waals surface area contributed by atoms with Gasteiger partial charge in [0.1, 0.15) is 17.8 Å². The number of pyridine rings is 1. The van der Waals surface area contributed by atoms with Crippen LogP contribution in [0.15, 0.2) is 54.6 Å². The lowest BCUT2D eigenvalue weighted by molar-refractivity contribution is -0.148. The van der Waals surface area contributed by atoms with Crippen LogP contribution in [0, 0.1) is 12.8 Å². The third-order valence-corrected chi connectivity index (χ3v) is 5.70. The largest absolute Gasteiger partial charge is 0.489 e. The van der Waals surface area contributed by atoms with Crippen molar-refractivity contribution in [1.29, 1.82) is 0 Å². The number of hydrogen-bond acceptors (Lipinski definition) is 6. The van der Waals surface area contributed by atoms with Crippen LogP contribution in [-0.4, -0.2) is 28.7 Å². The average molecular weight is 420 g/mol. The summed E-state index contributed by atoms with van der Waals surface area (Å²) in [6.07, 6.45) is 0.274. The lowest BCUT2D eigenvalue weighted by atomic mass is 9.92. The van der Waals surface area contributed by atoms with Gasteiger partial charge in [-0.2, -0.15) is 0 Å². The van der Waals surface area contributed by atoms with Gasteiger partial charge in [-0.15, -0.1) is 0 Å². The van der Waals surface area contributed by atoms with E-state index in [0.717, 1.165) is 22.2 Å². The van der Waals surface area contributed by atoms with Crippen molar-refractivity contribution >= 4 is 22.8 Å². The predicted molar refractivity (Wildman–Crippen MR) is 114 cm³/mol. The van der Waals surface area contributed by atoms with Crippen LogP contribution in [0.4, 0.5) is 0 Å². The fourth-order valence-corrected chi connectivity index (χ4v) is 4.12. The summed E-state index contributed by atoms with van der Waals surface area (Å²) in [5.41, 5.74) is 4.00. The van der Waals surface area contributed by atoms with Crippen molar-refractivity contribution in [1.82, 2.24) is 10.5 Å². The molecule has 1 aromatic heterocycles. The number of hydroxylamine groups is 1. The number of benzene rings is 2. The minimum Gasteiger partial charge on any atom is -0.489 e. The number of hydrogen-bond donors (Lipinski definition) is 2. The van der Waals surface area contributed by atoms with Crippen LogP contribution in [0.1, 0.15) is 30.2 Å². The van der Waals surface area contributed by atoms with Gasteiger partial charge in [0.25, 0.3) is 0 Å². The Hall–Kier alpha value is -3.45. The summed E-state index contributed by atoms with van der Waals surface area (Å²) in [6.45, 7) is 4.20. The molecule has 1 heterocycles. The lowest BCUT2D eigenvalue weighted by Crippen LogP contribution is -2.32. The number of esters is 1. The van der Waals surface area contributed by atoms with E-state index >= 15 is 0 Å². The molecule has 1 fully saturated rings. The average Bonchev–Trinajstić information content (AvgIpc) is 3.54. The quantitative estimate of drug-likeness (QED) is 0.345. The first-order valence-corrected chi connectivity index (χ1v) is 10.2. The van der Waals surface area contributed by atoms with E-state index in [1.54, 1.807) is 30.6 Å². The minimum absolute atomic E-state index is 0.207. The first kappa shape index (κ1) is 20.8. The third-order valence-electron chi connectivity index (χ3n) is 5.70. The highest BCUT2D eigenvalue weighted by Gasteiger charge is 2.66. The molecule has 0 saturated heterocycles. The summed E-state index contributed by atoms with van der Waals surface area (Å²) in [5.74, 6) is -1.18. The first-order chi connectivity index (χ1) is 15.0. The van der Waals surface area contributed by atoms with Gasteiger partial charge in [0.2, 0.25) is 5.91 Å². The Labute approximate surface area is 180 Å². The second kappa shape index (κ2) is 8.35. The Morgan fingerprint density at radius 3 is 2.77 bits per heavy atom. The molecule has 1 aliphatic rings. The summed E-state index contributed by atoms with van der Waals surface area (Å²) in [7, 11) is 0. The van der Waals surface area contributed by atoms with Crippen LogP contribution >= 0.6 is 0 Å². The zero-order valence-electron chi connectivity index (χ0n) is 17.4. The maximum atomic E-state index is 12.7. The van der Waals surface area contributed by atoms with Gasteiger partial charge in [-0.1, -0.05) is 30.3 Å². The number of carbonyl (C=O) groups is 2.